The second kappa shape index (κ2) is 25.9. The summed E-state index contributed by atoms with van der Waals surface area (Å²) in [5.74, 6) is 0. The molecular weight excluding hydrogens is 627 g/mol. The van der Waals surface area contributed by atoms with Crippen LogP contribution >= 0.6 is 7.26 Å². The van der Waals surface area contributed by atoms with Crippen LogP contribution in [0.3, 0.4) is 0 Å². The number of rotatable bonds is 26. The largest absolute Gasteiger partial charge is 1.00 e. The van der Waals surface area contributed by atoms with E-state index in [2.05, 4.69) is 103 Å². The number of benzene rings is 3. The number of unbranched alkanes of at least 4 members (excludes halogenated alkanes) is 17. The van der Waals surface area contributed by atoms with Crippen molar-refractivity contribution >= 4 is 23.2 Å². The molecule has 4 rings (SSSR count). The van der Waals surface area contributed by atoms with Gasteiger partial charge in [0, 0.05) is 0 Å². The van der Waals surface area contributed by atoms with E-state index in [0.29, 0.717) is 0 Å². The van der Waals surface area contributed by atoms with E-state index >= 15 is 0 Å². The minimum Gasteiger partial charge on any atom is -1.00 e. The molecule has 2 nitrogen and oxygen atoms in total. The number of allylic oxidation sites excluding steroid dienone is 2. The Balaban J connectivity index is 0.00000625. The Morgan fingerprint density at radius 1 is 0.438 bits per heavy atom. The first-order chi connectivity index (χ1) is 23.4. The minimum atomic E-state index is -1.66. The van der Waals surface area contributed by atoms with Crippen LogP contribution in [0.15, 0.2) is 103 Å². The number of ether oxygens (including phenoxy) is 2. The van der Waals surface area contributed by atoms with Gasteiger partial charge >= 0.3 is 0 Å². The highest BCUT2D eigenvalue weighted by Gasteiger charge is 2.44. The van der Waals surface area contributed by atoms with Crippen LogP contribution in [-0.4, -0.2) is 25.7 Å². The summed E-state index contributed by atoms with van der Waals surface area (Å²) in [6.45, 7) is 1.57. The van der Waals surface area contributed by atoms with Gasteiger partial charge in [-0.25, -0.2) is 0 Å². The summed E-state index contributed by atoms with van der Waals surface area (Å²) in [6, 6.07) is 34.1. The lowest BCUT2D eigenvalue weighted by Gasteiger charge is -2.27. The molecule has 0 amide bonds. The molecule has 0 aromatic heterocycles. The Labute approximate surface area is 301 Å². The molecule has 264 valence electrons. The van der Waals surface area contributed by atoms with Crippen molar-refractivity contribution in [3.63, 3.8) is 0 Å². The highest BCUT2D eigenvalue weighted by molar-refractivity contribution is 7.95. The molecule has 3 aromatic carbocycles. The van der Waals surface area contributed by atoms with Gasteiger partial charge in [0.15, 0.2) is 6.29 Å². The molecule has 1 fully saturated rings. The summed E-state index contributed by atoms with van der Waals surface area (Å²) >= 11 is 0. The van der Waals surface area contributed by atoms with E-state index in [4.69, 9.17) is 9.47 Å². The molecule has 0 unspecified atom stereocenters. The van der Waals surface area contributed by atoms with Crippen molar-refractivity contribution in [3.8, 4) is 0 Å². The van der Waals surface area contributed by atoms with Crippen LogP contribution in [0.2, 0.25) is 0 Å². The monoisotopic (exact) mass is 690 g/mol. The van der Waals surface area contributed by atoms with E-state index in [9.17, 15) is 0 Å². The van der Waals surface area contributed by atoms with E-state index in [1.165, 1.54) is 144 Å². The molecule has 1 heterocycles. The predicted octanol–water partition coefficient (Wildman–Crippen LogP) is 8.72. The second-order valence-corrected chi connectivity index (χ2v) is 17.2. The topological polar surface area (TPSA) is 18.5 Å². The summed E-state index contributed by atoms with van der Waals surface area (Å²) in [7, 11) is -1.66. The third-order valence-electron chi connectivity index (χ3n) is 9.87. The SMILES string of the molecule is C(=C\CCCCCCCCCCC1OCCO1)/CCCCCCCCCCC[P+](c1ccccc1)(c1ccccc1)c1ccccc1.[Cl-]. The van der Waals surface area contributed by atoms with E-state index < -0.39 is 7.26 Å². The van der Waals surface area contributed by atoms with Gasteiger partial charge in [0.25, 0.3) is 0 Å². The standard InChI is InChI=1S/C44H64O2P.ClH/c1(2-4-6-8-10-12-14-16-18-29-37-44-45-38-39-46-44)3-5-7-9-11-13-15-17-19-30-40-47(41-31-23-20-24-32-41,42-33-25-21-26-34-42)43-35-27-22-28-36-43;/h1-2,20-28,31-36,44H,3-19,29-30,37-40H2;1H/q+1;/p-1/b2-1+;. The van der Waals surface area contributed by atoms with Gasteiger partial charge in [-0.1, -0.05) is 144 Å². The fourth-order valence-corrected chi connectivity index (χ4v) is 11.6. The van der Waals surface area contributed by atoms with Crippen molar-refractivity contribution in [3.05, 3.63) is 103 Å². The second-order valence-electron chi connectivity index (χ2n) is 13.6. The molecule has 0 aliphatic carbocycles. The fourth-order valence-electron chi connectivity index (χ4n) is 7.17. The molecule has 0 atom stereocenters. The molecule has 0 spiro atoms. The highest BCUT2D eigenvalue weighted by Crippen LogP contribution is 2.56. The summed E-state index contributed by atoms with van der Waals surface area (Å²) in [5, 5.41) is 4.55. The van der Waals surface area contributed by atoms with Crippen molar-refractivity contribution < 1.29 is 21.9 Å². The van der Waals surface area contributed by atoms with Crippen LogP contribution in [0.1, 0.15) is 128 Å². The van der Waals surface area contributed by atoms with Gasteiger partial charge in [0.1, 0.15) is 23.2 Å². The molecule has 1 saturated heterocycles. The zero-order valence-corrected chi connectivity index (χ0v) is 31.4. The maximum absolute atomic E-state index is 5.51. The Hall–Kier alpha value is -1.96. The molecule has 0 radical (unpaired) electrons. The van der Waals surface area contributed by atoms with Gasteiger partial charge in [-0.3, -0.25) is 0 Å². The smallest absolute Gasteiger partial charge is 0.157 e. The first kappa shape index (κ1) is 40.5. The van der Waals surface area contributed by atoms with E-state index in [-0.39, 0.29) is 18.7 Å². The van der Waals surface area contributed by atoms with Gasteiger partial charge < -0.3 is 21.9 Å². The Morgan fingerprint density at radius 3 is 1.17 bits per heavy atom. The summed E-state index contributed by atoms with van der Waals surface area (Å²) in [4.78, 5) is 0. The lowest BCUT2D eigenvalue weighted by molar-refractivity contribution is -0.0480. The number of halogens is 1. The quantitative estimate of drug-likeness (QED) is 0.0477. The molecule has 0 bridgehead atoms. The molecule has 1 aliphatic heterocycles. The highest BCUT2D eigenvalue weighted by atomic mass is 35.5. The third kappa shape index (κ3) is 14.9. The van der Waals surface area contributed by atoms with Crippen LogP contribution in [0.4, 0.5) is 0 Å². The molecular formula is C44H64ClO2P. The summed E-state index contributed by atoms with van der Waals surface area (Å²) in [5.41, 5.74) is 0. The average Bonchev–Trinajstić information content (AvgIpc) is 3.65. The van der Waals surface area contributed by atoms with Crippen molar-refractivity contribution in [1.29, 1.82) is 0 Å². The average molecular weight is 691 g/mol. The molecule has 0 saturated carbocycles. The molecule has 48 heavy (non-hydrogen) atoms. The van der Waals surface area contributed by atoms with E-state index in [0.717, 1.165) is 19.6 Å². The summed E-state index contributed by atoms with van der Waals surface area (Å²) in [6.07, 6.45) is 33.1. The van der Waals surface area contributed by atoms with Gasteiger partial charge in [0.2, 0.25) is 0 Å². The van der Waals surface area contributed by atoms with Gasteiger partial charge in [-0.05, 0) is 87.8 Å². The lowest BCUT2D eigenvalue weighted by atomic mass is 10.1. The zero-order chi connectivity index (χ0) is 32.5. The van der Waals surface area contributed by atoms with Gasteiger partial charge in [-0.2, -0.15) is 0 Å². The van der Waals surface area contributed by atoms with Crippen molar-refractivity contribution in [2.75, 3.05) is 19.4 Å². The third-order valence-corrected chi connectivity index (χ3v) is 14.4. The van der Waals surface area contributed by atoms with Crippen LogP contribution in [0.5, 0.6) is 0 Å². The normalized spacial score (nSPS) is 13.7. The van der Waals surface area contributed by atoms with Crippen LogP contribution in [0, 0.1) is 0 Å². The van der Waals surface area contributed by atoms with Gasteiger partial charge in [0.05, 0.1) is 19.4 Å². The first-order valence-electron chi connectivity index (χ1n) is 19.3. The van der Waals surface area contributed by atoms with Crippen LogP contribution in [-0.2, 0) is 9.47 Å². The maximum atomic E-state index is 5.51. The van der Waals surface area contributed by atoms with Crippen LogP contribution in [0.25, 0.3) is 0 Å². The van der Waals surface area contributed by atoms with E-state index in [1.807, 2.05) is 0 Å². The Bertz CT molecular complexity index is 1080. The van der Waals surface area contributed by atoms with Crippen LogP contribution < -0.4 is 28.3 Å². The molecule has 3 aromatic rings. The zero-order valence-electron chi connectivity index (χ0n) is 29.8. The van der Waals surface area contributed by atoms with Crippen molar-refractivity contribution in [1.82, 2.24) is 0 Å². The maximum Gasteiger partial charge on any atom is 0.157 e. The Morgan fingerprint density at radius 2 is 0.771 bits per heavy atom. The molecule has 0 N–H and O–H groups in total. The predicted molar refractivity (Wildman–Crippen MR) is 207 cm³/mol. The minimum absolute atomic E-state index is 0. The Kier molecular flexibility index (Phi) is 21.9. The molecule has 4 heteroatoms. The van der Waals surface area contributed by atoms with Gasteiger partial charge in [-0.15, -0.1) is 0 Å². The van der Waals surface area contributed by atoms with E-state index in [1.54, 1.807) is 0 Å². The number of hydrogen-bond acceptors (Lipinski definition) is 2. The fraction of sp³-hybridized carbons (Fsp3) is 0.545. The van der Waals surface area contributed by atoms with Crippen molar-refractivity contribution in [2.24, 2.45) is 0 Å². The van der Waals surface area contributed by atoms with Crippen molar-refractivity contribution in [2.45, 2.75) is 135 Å². The first-order valence-corrected chi connectivity index (χ1v) is 21.3. The lowest BCUT2D eigenvalue weighted by Crippen LogP contribution is -3.00. The summed E-state index contributed by atoms with van der Waals surface area (Å²) < 4.78 is 11.0. The molecule has 1 aliphatic rings. The number of hydrogen-bond donors (Lipinski definition) is 0.